The molecule has 0 saturated heterocycles. The van der Waals surface area contributed by atoms with Crippen molar-refractivity contribution in [1.82, 2.24) is 9.88 Å². The van der Waals surface area contributed by atoms with Crippen molar-refractivity contribution in [2.24, 2.45) is 0 Å². The topological polar surface area (TPSA) is 76.8 Å². The highest BCUT2D eigenvalue weighted by Crippen LogP contribution is 2.33. The summed E-state index contributed by atoms with van der Waals surface area (Å²) in [4.78, 5) is 19.2. The van der Waals surface area contributed by atoms with Gasteiger partial charge in [0, 0.05) is 24.8 Å². The van der Waals surface area contributed by atoms with Gasteiger partial charge in [0.1, 0.15) is 11.6 Å². The molecule has 0 aliphatic carbocycles. The van der Waals surface area contributed by atoms with Gasteiger partial charge in [-0.05, 0) is 53.9 Å². The van der Waals surface area contributed by atoms with E-state index >= 15 is 0 Å². The van der Waals surface area contributed by atoms with E-state index in [0.717, 1.165) is 17.7 Å². The lowest BCUT2D eigenvalue weighted by molar-refractivity contribution is 0.0734. The number of aromatic nitrogens is 1. The Morgan fingerprint density at radius 1 is 1.17 bits per heavy atom. The molecule has 0 bridgehead atoms. The van der Waals surface area contributed by atoms with Crippen LogP contribution >= 0.6 is 0 Å². The molecule has 3 heterocycles. The number of anilines is 1. The molecule has 0 radical (unpaired) electrons. The molecule has 0 atom stereocenters. The minimum Gasteiger partial charge on any atom is -0.493 e. The van der Waals surface area contributed by atoms with Crippen molar-refractivity contribution >= 4 is 11.7 Å². The number of pyridine rings is 1. The van der Waals surface area contributed by atoms with Gasteiger partial charge in [0.2, 0.25) is 0 Å². The molecule has 2 aromatic heterocycles. The minimum absolute atomic E-state index is 0.0196. The number of fused-ring (bicyclic) bond motifs is 1. The smallest absolute Gasteiger partial charge is 0.254 e. The van der Waals surface area contributed by atoms with Crippen LogP contribution in [0.1, 0.15) is 27.2 Å². The zero-order valence-electron chi connectivity index (χ0n) is 16.5. The van der Waals surface area contributed by atoms with Crippen LogP contribution in [0.5, 0.6) is 11.5 Å². The average Bonchev–Trinajstić information content (AvgIpc) is 3.29. The summed E-state index contributed by atoms with van der Waals surface area (Å²) in [6.07, 6.45) is 4.04. The molecule has 7 nitrogen and oxygen atoms in total. The number of hydrogen-bond acceptors (Lipinski definition) is 6. The van der Waals surface area contributed by atoms with Crippen LogP contribution in [0.15, 0.2) is 53.3 Å². The van der Waals surface area contributed by atoms with Crippen LogP contribution in [-0.2, 0) is 19.5 Å². The van der Waals surface area contributed by atoms with Gasteiger partial charge in [-0.15, -0.1) is 0 Å². The van der Waals surface area contributed by atoms with Gasteiger partial charge in [0.15, 0.2) is 11.5 Å². The summed E-state index contributed by atoms with van der Waals surface area (Å²) < 4.78 is 16.1. The Morgan fingerprint density at radius 3 is 2.69 bits per heavy atom. The number of amides is 1. The first-order valence-corrected chi connectivity index (χ1v) is 9.43. The lowest BCUT2D eigenvalue weighted by atomic mass is 9.98. The van der Waals surface area contributed by atoms with Crippen molar-refractivity contribution in [3.8, 4) is 11.5 Å². The van der Waals surface area contributed by atoms with E-state index in [-0.39, 0.29) is 5.91 Å². The van der Waals surface area contributed by atoms with Crippen LogP contribution in [0.2, 0.25) is 0 Å². The molecule has 1 aromatic carbocycles. The minimum atomic E-state index is -0.0196. The molecule has 4 rings (SSSR count). The Kier molecular flexibility index (Phi) is 5.37. The summed E-state index contributed by atoms with van der Waals surface area (Å²) >= 11 is 0. The maximum atomic E-state index is 13.1. The zero-order chi connectivity index (χ0) is 20.2. The maximum absolute atomic E-state index is 13.1. The second kappa shape index (κ2) is 8.26. The van der Waals surface area contributed by atoms with Gasteiger partial charge >= 0.3 is 0 Å². The third-order valence-electron chi connectivity index (χ3n) is 5.04. The number of ether oxygens (including phenoxy) is 2. The number of furan rings is 1. The summed E-state index contributed by atoms with van der Waals surface area (Å²) in [6.45, 7) is 1.70. The van der Waals surface area contributed by atoms with Crippen molar-refractivity contribution in [3.05, 3.63) is 71.3 Å². The highest BCUT2D eigenvalue weighted by atomic mass is 16.5. The molecule has 29 heavy (non-hydrogen) atoms. The van der Waals surface area contributed by atoms with Crippen LogP contribution in [0.25, 0.3) is 0 Å². The van der Waals surface area contributed by atoms with Crippen LogP contribution in [0.4, 0.5) is 5.82 Å². The number of benzene rings is 1. The number of methoxy groups -OCH3 is 2. The molecular formula is C22H23N3O4. The number of carbonyl (C=O) groups excluding carboxylic acids is 1. The molecule has 0 unspecified atom stereocenters. The van der Waals surface area contributed by atoms with E-state index in [0.29, 0.717) is 42.5 Å². The first-order chi connectivity index (χ1) is 14.2. The molecule has 0 spiro atoms. The molecular weight excluding hydrogens is 370 g/mol. The summed E-state index contributed by atoms with van der Waals surface area (Å²) in [6, 6.07) is 11.2. The second-order valence-electron chi connectivity index (χ2n) is 6.82. The molecule has 0 fully saturated rings. The molecule has 3 aromatic rings. The fourth-order valence-corrected chi connectivity index (χ4v) is 3.49. The van der Waals surface area contributed by atoms with Gasteiger partial charge < -0.3 is 24.1 Å². The van der Waals surface area contributed by atoms with E-state index in [1.54, 1.807) is 38.8 Å². The van der Waals surface area contributed by atoms with Gasteiger partial charge in [0.25, 0.3) is 5.91 Å². The Bertz CT molecular complexity index is 1000. The largest absolute Gasteiger partial charge is 0.493 e. The number of nitrogens with one attached hydrogen (secondary N) is 1. The van der Waals surface area contributed by atoms with Crippen molar-refractivity contribution in [3.63, 3.8) is 0 Å². The number of hydrogen-bond donors (Lipinski definition) is 1. The van der Waals surface area contributed by atoms with Gasteiger partial charge in [-0.2, -0.15) is 0 Å². The fourth-order valence-electron chi connectivity index (χ4n) is 3.49. The highest BCUT2D eigenvalue weighted by molar-refractivity contribution is 5.95. The fraction of sp³-hybridized carbons (Fsp3) is 0.273. The zero-order valence-corrected chi connectivity index (χ0v) is 16.5. The summed E-state index contributed by atoms with van der Waals surface area (Å²) in [7, 11) is 3.24. The first kappa shape index (κ1) is 18.9. The molecule has 150 valence electrons. The van der Waals surface area contributed by atoms with Gasteiger partial charge in [-0.1, -0.05) is 0 Å². The third kappa shape index (κ3) is 4.03. The highest BCUT2D eigenvalue weighted by Gasteiger charge is 2.24. The number of nitrogens with zero attached hydrogens (tertiary/aromatic N) is 2. The number of carbonyl (C=O) groups is 1. The number of rotatable bonds is 6. The van der Waals surface area contributed by atoms with E-state index in [1.165, 1.54) is 5.56 Å². The molecule has 1 aliphatic rings. The lowest BCUT2D eigenvalue weighted by Gasteiger charge is -2.29. The van der Waals surface area contributed by atoms with E-state index < -0.39 is 0 Å². The Hall–Kier alpha value is -3.48. The summed E-state index contributed by atoms with van der Waals surface area (Å²) in [5.74, 6) is 2.81. The van der Waals surface area contributed by atoms with E-state index in [1.807, 2.05) is 29.2 Å². The molecule has 1 amide bonds. The van der Waals surface area contributed by atoms with Gasteiger partial charge in [0.05, 0.1) is 27.0 Å². The van der Waals surface area contributed by atoms with Crippen LogP contribution in [-0.4, -0.2) is 36.6 Å². The Labute approximate surface area is 169 Å². The first-order valence-electron chi connectivity index (χ1n) is 9.43. The van der Waals surface area contributed by atoms with Crippen molar-refractivity contribution in [1.29, 1.82) is 0 Å². The van der Waals surface area contributed by atoms with Crippen molar-refractivity contribution in [2.45, 2.75) is 19.5 Å². The van der Waals surface area contributed by atoms with E-state index in [9.17, 15) is 4.79 Å². The standard InChI is InChI=1S/C22H23N3O4/c1-27-19-10-15-6-8-25(14-17(15)11-20(19)28-2)22(26)16-5-7-23-21(12-16)24-13-18-4-3-9-29-18/h3-5,7,9-12H,6,8,13-14H2,1-2H3,(H,23,24). The van der Waals surface area contributed by atoms with E-state index in [4.69, 9.17) is 13.9 Å². The predicted octanol–water partition coefficient (Wildman–Crippen LogP) is 3.50. The van der Waals surface area contributed by atoms with Crippen LogP contribution < -0.4 is 14.8 Å². The Morgan fingerprint density at radius 2 is 1.97 bits per heavy atom. The predicted molar refractivity (Wildman–Crippen MR) is 108 cm³/mol. The van der Waals surface area contributed by atoms with Crippen molar-refractivity contribution in [2.75, 3.05) is 26.1 Å². The molecule has 1 aliphatic heterocycles. The normalized spacial score (nSPS) is 13.0. The maximum Gasteiger partial charge on any atom is 0.254 e. The van der Waals surface area contributed by atoms with E-state index in [2.05, 4.69) is 10.3 Å². The average molecular weight is 393 g/mol. The third-order valence-corrected chi connectivity index (χ3v) is 5.04. The van der Waals surface area contributed by atoms with Crippen LogP contribution in [0.3, 0.4) is 0 Å². The molecule has 1 N–H and O–H groups in total. The summed E-state index contributed by atoms with van der Waals surface area (Å²) in [5.41, 5.74) is 2.86. The quantitative estimate of drug-likeness (QED) is 0.691. The molecule has 7 heteroatoms. The molecule has 0 saturated carbocycles. The van der Waals surface area contributed by atoms with Gasteiger partial charge in [-0.25, -0.2) is 4.98 Å². The SMILES string of the molecule is COc1cc2c(cc1OC)CN(C(=O)c1ccnc(NCc3ccco3)c1)CC2. The second-order valence-corrected chi connectivity index (χ2v) is 6.82. The van der Waals surface area contributed by atoms with Gasteiger partial charge in [-0.3, -0.25) is 4.79 Å². The lowest BCUT2D eigenvalue weighted by Crippen LogP contribution is -2.36. The van der Waals surface area contributed by atoms with Crippen LogP contribution in [0, 0.1) is 0 Å². The van der Waals surface area contributed by atoms with Crippen molar-refractivity contribution < 1.29 is 18.7 Å². The Balaban J connectivity index is 1.48. The monoisotopic (exact) mass is 393 g/mol. The summed E-state index contributed by atoms with van der Waals surface area (Å²) in [5, 5.41) is 3.18.